The monoisotopic (exact) mass is 828 g/mol. The van der Waals surface area contributed by atoms with Crippen LogP contribution in [0.15, 0.2) is 55.1 Å². The molecule has 6 aromatic rings. The minimum absolute atomic E-state index is 0.190. The van der Waals surface area contributed by atoms with Crippen LogP contribution in [0.2, 0.25) is 5.02 Å². The second kappa shape index (κ2) is 23.7. The van der Waals surface area contributed by atoms with Crippen molar-refractivity contribution in [3.63, 3.8) is 0 Å². The number of halogens is 2. The highest BCUT2D eigenvalue weighted by molar-refractivity contribution is 7.79. The molecule has 4 heterocycles. The number of rotatable bonds is 3. The molecule has 8 bridgehead atoms. The Labute approximate surface area is 360 Å². The number of fused-ring (bicyclic) bond motifs is 8. The Morgan fingerprint density at radius 2 is 1.57 bits per heavy atom. The van der Waals surface area contributed by atoms with Crippen LogP contribution < -0.4 is 0 Å². The Morgan fingerprint density at radius 3 is 2.24 bits per heavy atom. The summed E-state index contributed by atoms with van der Waals surface area (Å²) in [4.78, 5) is 0. The van der Waals surface area contributed by atoms with Crippen molar-refractivity contribution in [1.29, 1.82) is 0 Å². The van der Waals surface area contributed by atoms with Crippen LogP contribution in [0.4, 0.5) is 4.39 Å². The van der Waals surface area contributed by atoms with Gasteiger partial charge in [0.25, 0.3) is 0 Å². The first-order valence-corrected chi connectivity index (χ1v) is 23.0. The van der Waals surface area contributed by atoms with Gasteiger partial charge in [0.2, 0.25) is 0 Å². The van der Waals surface area contributed by atoms with Gasteiger partial charge in [-0.05, 0) is 135 Å². The van der Waals surface area contributed by atoms with E-state index in [1.54, 1.807) is 18.4 Å². The summed E-state index contributed by atoms with van der Waals surface area (Å²) in [5, 5.41) is 14.2. The molecule has 3 aromatic heterocycles. The molecule has 3 aromatic carbocycles. The van der Waals surface area contributed by atoms with Crippen LogP contribution in [0.1, 0.15) is 138 Å². The van der Waals surface area contributed by atoms with Gasteiger partial charge in [0.05, 0.1) is 11.4 Å². The molecule has 0 N–H and O–H groups in total. The van der Waals surface area contributed by atoms with Gasteiger partial charge >= 0.3 is 0 Å². The van der Waals surface area contributed by atoms with E-state index >= 15 is 0 Å². The standard InChI is InChI=1S/C42H47ClFN5.C3H8.2C2H6.CH4S/c1-7-11-29-14-16-33-25-34(48(6)45-33)17-13-28-22-30(35-18-15-32(44)24-31(35)23-28)12-9-10-21-49-37(8-2)26(3)39-38(49)20-19-36(43)41(39)40-27(4)47(5)46-42(29)40;1-3-2;3*1-2/h8,15,18-20,22-25,29H,2,7,9-14,16-17,21H2,1,3-6H3;3H2,1-2H3;2*1-2H3;2H,1H3. The summed E-state index contributed by atoms with van der Waals surface area (Å²) in [6.07, 6.45) is 13.6. The van der Waals surface area contributed by atoms with Crippen molar-refractivity contribution in [3.05, 3.63) is 111 Å². The highest BCUT2D eigenvalue weighted by Gasteiger charge is 2.28. The molecule has 1 unspecified atom stereocenters. The van der Waals surface area contributed by atoms with E-state index in [0.29, 0.717) is 0 Å². The summed E-state index contributed by atoms with van der Waals surface area (Å²) in [7, 11) is 4.10. The van der Waals surface area contributed by atoms with Gasteiger partial charge in [0.15, 0.2) is 0 Å². The van der Waals surface area contributed by atoms with Gasteiger partial charge in [0, 0.05) is 70.7 Å². The molecule has 8 heteroatoms. The van der Waals surface area contributed by atoms with Crippen LogP contribution in [0.25, 0.3) is 38.9 Å². The lowest BCUT2D eigenvalue weighted by Gasteiger charge is -2.17. The maximum absolute atomic E-state index is 14.4. The van der Waals surface area contributed by atoms with E-state index in [0.717, 1.165) is 108 Å². The molecule has 0 amide bonds. The molecule has 1 atom stereocenters. The van der Waals surface area contributed by atoms with Gasteiger partial charge < -0.3 is 4.57 Å². The van der Waals surface area contributed by atoms with Gasteiger partial charge in [-0.2, -0.15) is 22.8 Å². The lowest BCUT2D eigenvalue weighted by Crippen LogP contribution is -2.05. The number of hydrogen-bond acceptors (Lipinski definition) is 3. The van der Waals surface area contributed by atoms with Crippen LogP contribution in [0.3, 0.4) is 0 Å². The quantitative estimate of drug-likeness (QED) is 0.181. The number of hydrogen-bond donors (Lipinski definition) is 1. The van der Waals surface area contributed by atoms with Crippen LogP contribution >= 0.6 is 24.2 Å². The fourth-order valence-corrected chi connectivity index (χ4v) is 8.57. The largest absolute Gasteiger partial charge is 0.341 e. The molecule has 0 saturated heterocycles. The Morgan fingerprint density at radius 1 is 0.862 bits per heavy atom. The maximum atomic E-state index is 14.4. The van der Waals surface area contributed by atoms with E-state index in [1.807, 2.05) is 49.2 Å². The molecule has 58 heavy (non-hydrogen) atoms. The molecular formula is C50H71ClFN5S. The molecule has 7 rings (SSSR count). The molecule has 0 fully saturated rings. The summed E-state index contributed by atoms with van der Waals surface area (Å²) in [5.74, 6) is 0.0769. The lowest BCUT2D eigenvalue weighted by molar-refractivity contribution is 0.540. The van der Waals surface area contributed by atoms with E-state index in [-0.39, 0.29) is 11.7 Å². The van der Waals surface area contributed by atoms with E-state index in [2.05, 4.69) is 103 Å². The van der Waals surface area contributed by atoms with Crippen LogP contribution in [-0.4, -0.2) is 30.4 Å². The van der Waals surface area contributed by atoms with Gasteiger partial charge in [-0.15, -0.1) is 0 Å². The predicted octanol–water partition coefficient (Wildman–Crippen LogP) is 14.6. The first-order valence-electron chi connectivity index (χ1n) is 21.7. The molecule has 316 valence electrons. The third-order valence-electron chi connectivity index (χ3n) is 10.9. The van der Waals surface area contributed by atoms with Crippen molar-refractivity contribution in [2.75, 3.05) is 6.26 Å². The molecule has 5 nitrogen and oxygen atoms in total. The zero-order valence-corrected chi connectivity index (χ0v) is 39.3. The fourth-order valence-electron chi connectivity index (χ4n) is 8.32. The number of aromatic nitrogens is 5. The summed E-state index contributed by atoms with van der Waals surface area (Å²) >= 11 is 10.7. The maximum Gasteiger partial charge on any atom is 0.123 e. The average molecular weight is 829 g/mol. The molecule has 0 aliphatic carbocycles. The molecule has 0 radical (unpaired) electrons. The van der Waals surface area contributed by atoms with Crippen LogP contribution in [0.5, 0.6) is 0 Å². The van der Waals surface area contributed by atoms with Crippen molar-refractivity contribution in [1.82, 2.24) is 24.1 Å². The Hall–Kier alpha value is -3.81. The van der Waals surface area contributed by atoms with Crippen molar-refractivity contribution < 1.29 is 4.39 Å². The van der Waals surface area contributed by atoms with Crippen molar-refractivity contribution in [3.8, 4) is 11.1 Å². The second-order valence-corrected chi connectivity index (χ2v) is 15.1. The normalized spacial score (nSPS) is 14.0. The minimum Gasteiger partial charge on any atom is -0.341 e. The van der Waals surface area contributed by atoms with E-state index < -0.39 is 0 Å². The third-order valence-corrected chi connectivity index (χ3v) is 11.2. The zero-order chi connectivity index (χ0) is 43.1. The van der Waals surface area contributed by atoms with E-state index in [1.165, 1.54) is 45.3 Å². The zero-order valence-electron chi connectivity index (χ0n) is 37.7. The molecule has 0 saturated carbocycles. The smallest absolute Gasteiger partial charge is 0.123 e. The molecular weight excluding hydrogens is 757 g/mol. The van der Waals surface area contributed by atoms with Gasteiger partial charge in [-0.25, -0.2) is 4.39 Å². The highest BCUT2D eigenvalue weighted by atomic mass is 35.5. The van der Waals surface area contributed by atoms with Crippen LogP contribution in [0, 0.1) is 19.7 Å². The summed E-state index contributed by atoms with van der Waals surface area (Å²) in [6.45, 7) is 24.0. The fraction of sp³-hybridized carbons (Fsp3) is 0.480. The topological polar surface area (TPSA) is 40.6 Å². The predicted molar refractivity (Wildman–Crippen MR) is 256 cm³/mol. The van der Waals surface area contributed by atoms with E-state index in [9.17, 15) is 4.39 Å². The number of aryl methyl sites for hydroxylation is 8. The second-order valence-electron chi connectivity index (χ2n) is 14.7. The first-order chi connectivity index (χ1) is 28.1. The van der Waals surface area contributed by atoms with Gasteiger partial charge in [0.1, 0.15) is 5.82 Å². The Balaban J connectivity index is 0.000000930. The average Bonchev–Trinajstić information content (AvgIpc) is 3.84. The summed E-state index contributed by atoms with van der Waals surface area (Å²) < 4.78 is 20.9. The molecule has 1 aliphatic rings. The van der Waals surface area contributed by atoms with Crippen molar-refractivity contribution in [2.45, 2.75) is 139 Å². The van der Waals surface area contributed by atoms with Crippen molar-refractivity contribution >= 4 is 52.0 Å². The minimum atomic E-state index is -0.190. The Kier molecular flexibility index (Phi) is 19.8. The number of thiol groups is 1. The SMILES string of the molecule is C=Cc1c(C)c2c3c(Cl)ccc2n1CCCCc1cc(cc2cc(F)ccc12)CCc1cc(nn1C)CCC(CCC)c1nn(C)c(C)c1-3.CC.CC.CCC.CS. The molecule has 1 aliphatic heterocycles. The molecule has 0 spiro atoms. The summed E-state index contributed by atoms with van der Waals surface area (Å²) in [6, 6.07) is 16.3. The highest BCUT2D eigenvalue weighted by Crippen LogP contribution is 2.45. The summed E-state index contributed by atoms with van der Waals surface area (Å²) in [5.41, 5.74) is 12.9. The van der Waals surface area contributed by atoms with Gasteiger partial charge in [-0.1, -0.05) is 97.7 Å². The Bertz CT molecular complexity index is 2230. The lowest BCUT2D eigenvalue weighted by atomic mass is 9.87. The number of benzene rings is 3. The van der Waals surface area contributed by atoms with E-state index in [4.69, 9.17) is 21.8 Å². The van der Waals surface area contributed by atoms with Crippen LogP contribution in [-0.2, 0) is 46.3 Å². The number of nitrogens with zero attached hydrogens (tertiary/aromatic N) is 5. The first kappa shape index (κ1) is 48.6. The van der Waals surface area contributed by atoms with Crippen molar-refractivity contribution in [2.24, 2.45) is 14.1 Å². The van der Waals surface area contributed by atoms with Gasteiger partial charge in [-0.3, -0.25) is 9.36 Å². The third kappa shape index (κ3) is 10.9.